The maximum atomic E-state index is 2.45. The molecule has 0 nitrogen and oxygen atoms in total. The predicted octanol–water partition coefficient (Wildman–Crippen LogP) is 3.22. The monoisotopic (exact) mass is 138 g/mol. The molecule has 2 rings (SSSR count). The van der Waals surface area contributed by atoms with E-state index in [-0.39, 0.29) is 0 Å². The Morgan fingerprint density at radius 2 is 2.00 bits per heavy atom. The van der Waals surface area contributed by atoms with E-state index < -0.39 is 0 Å². The third kappa shape index (κ3) is 0.580. The quantitative estimate of drug-likeness (QED) is 0.549. The SMILES string of the molecule is CCC(C)C12CCC1CC2. The summed E-state index contributed by atoms with van der Waals surface area (Å²) in [5.74, 6) is 2.17. The van der Waals surface area contributed by atoms with Gasteiger partial charge < -0.3 is 0 Å². The average Bonchev–Trinajstić information content (AvgIpc) is 1.95. The van der Waals surface area contributed by atoms with Gasteiger partial charge in [0.25, 0.3) is 0 Å². The maximum absolute atomic E-state index is 2.45. The summed E-state index contributed by atoms with van der Waals surface area (Å²) >= 11 is 0. The van der Waals surface area contributed by atoms with Crippen molar-refractivity contribution < 1.29 is 0 Å². The summed E-state index contributed by atoms with van der Waals surface area (Å²) in [5.41, 5.74) is 0.870. The van der Waals surface area contributed by atoms with Crippen molar-refractivity contribution in [3.05, 3.63) is 0 Å². The maximum Gasteiger partial charge on any atom is -0.0243 e. The molecular formula is C10H18. The van der Waals surface area contributed by atoms with Crippen LogP contribution in [0.3, 0.4) is 0 Å². The zero-order valence-electron chi connectivity index (χ0n) is 7.19. The first-order valence-corrected chi connectivity index (χ1v) is 4.79. The lowest BCUT2D eigenvalue weighted by Gasteiger charge is -2.62. The lowest BCUT2D eigenvalue weighted by Crippen LogP contribution is -2.52. The van der Waals surface area contributed by atoms with E-state index in [0.29, 0.717) is 0 Å². The minimum absolute atomic E-state index is 0.870. The Bertz CT molecular complexity index is 129. The fraction of sp³-hybridized carbons (Fsp3) is 1.00. The van der Waals surface area contributed by atoms with Crippen molar-refractivity contribution in [2.24, 2.45) is 17.3 Å². The fourth-order valence-electron chi connectivity index (χ4n) is 3.01. The third-order valence-electron chi connectivity index (χ3n) is 4.32. The molecule has 0 aliphatic heterocycles. The number of fused-ring (bicyclic) bond motifs is 1. The van der Waals surface area contributed by atoms with Gasteiger partial charge in [-0.3, -0.25) is 0 Å². The predicted molar refractivity (Wildman–Crippen MR) is 43.8 cm³/mol. The standard InChI is InChI=1S/C10H18/c1-3-8(2)10-6-4-9(10)5-7-10/h8-9H,3-7H2,1-2H3. The van der Waals surface area contributed by atoms with Crippen LogP contribution in [0.25, 0.3) is 0 Å². The molecule has 0 spiro atoms. The number of hydrogen-bond donors (Lipinski definition) is 0. The van der Waals surface area contributed by atoms with Crippen LogP contribution in [0.4, 0.5) is 0 Å². The molecule has 0 heterocycles. The molecule has 2 aliphatic carbocycles. The van der Waals surface area contributed by atoms with E-state index in [9.17, 15) is 0 Å². The van der Waals surface area contributed by atoms with E-state index in [4.69, 9.17) is 0 Å². The highest BCUT2D eigenvalue weighted by Gasteiger charge is 2.55. The summed E-state index contributed by atoms with van der Waals surface area (Å²) in [5, 5.41) is 0. The van der Waals surface area contributed by atoms with Crippen molar-refractivity contribution in [2.45, 2.75) is 46.0 Å². The largest absolute Gasteiger partial charge is 0.0651 e. The van der Waals surface area contributed by atoms with E-state index in [1.54, 1.807) is 25.7 Å². The molecule has 1 unspecified atom stereocenters. The van der Waals surface area contributed by atoms with Gasteiger partial charge in [-0.15, -0.1) is 0 Å². The number of rotatable bonds is 2. The molecule has 0 bridgehead atoms. The highest BCUT2D eigenvalue weighted by Crippen LogP contribution is 2.65. The van der Waals surface area contributed by atoms with Crippen molar-refractivity contribution in [2.75, 3.05) is 0 Å². The topological polar surface area (TPSA) is 0 Å². The minimum Gasteiger partial charge on any atom is -0.0651 e. The summed E-state index contributed by atoms with van der Waals surface area (Å²) in [6, 6.07) is 0. The van der Waals surface area contributed by atoms with Crippen LogP contribution < -0.4 is 0 Å². The summed E-state index contributed by atoms with van der Waals surface area (Å²) in [4.78, 5) is 0. The smallest absolute Gasteiger partial charge is 0.0243 e. The fourth-order valence-corrected chi connectivity index (χ4v) is 3.01. The molecule has 0 aromatic carbocycles. The first kappa shape index (κ1) is 6.69. The lowest BCUT2D eigenvalue weighted by molar-refractivity contribution is -0.118. The highest BCUT2D eigenvalue weighted by atomic mass is 14.6. The molecule has 58 valence electrons. The lowest BCUT2D eigenvalue weighted by atomic mass is 9.43. The molecule has 2 fully saturated rings. The van der Waals surface area contributed by atoms with Crippen LogP contribution in [0.5, 0.6) is 0 Å². The molecule has 0 saturated heterocycles. The van der Waals surface area contributed by atoms with Gasteiger partial charge in [-0.1, -0.05) is 20.3 Å². The van der Waals surface area contributed by atoms with Gasteiger partial charge in [0.05, 0.1) is 0 Å². The van der Waals surface area contributed by atoms with Gasteiger partial charge in [-0.2, -0.15) is 0 Å². The van der Waals surface area contributed by atoms with Crippen LogP contribution in [0, 0.1) is 17.3 Å². The van der Waals surface area contributed by atoms with Crippen LogP contribution in [0.1, 0.15) is 46.0 Å². The zero-order valence-corrected chi connectivity index (χ0v) is 7.19. The Kier molecular flexibility index (Phi) is 1.33. The van der Waals surface area contributed by atoms with Crippen molar-refractivity contribution >= 4 is 0 Å². The second-order valence-electron chi connectivity index (χ2n) is 4.32. The molecule has 0 aromatic rings. The van der Waals surface area contributed by atoms with Crippen LogP contribution in [0.2, 0.25) is 0 Å². The molecular weight excluding hydrogens is 120 g/mol. The van der Waals surface area contributed by atoms with Crippen molar-refractivity contribution in [3.8, 4) is 0 Å². The van der Waals surface area contributed by atoms with Crippen molar-refractivity contribution in [3.63, 3.8) is 0 Å². The molecule has 10 heavy (non-hydrogen) atoms. The van der Waals surface area contributed by atoms with E-state index in [2.05, 4.69) is 13.8 Å². The molecule has 2 saturated carbocycles. The molecule has 0 heteroatoms. The van der Waals surface area contributed by atoms with E-state index >= 15 is 0 Å². The molecule has 0 radical (unpaired) electrons. The van der Waals surface area contributed by atoms with E-state index in [0.717, 1.165) is 17.3 Å². The Balaban J connectivity index is 2.02. The van der Waals surface area contributed by atoms with E-state index in [1.165, 1.54) is 6.42 Å². The van der Waals surface area contributed by atoms with Crippen LogP contribution in [-0.2, 0) is 0 Å². The Labute approximate surface area is 64.0 Å². The first-order chi connectivity index (χ1) is 4.79. The van der Waals surface area contributed by atoms with Crippen LogP contribution in [-0.4, -0.2) is 0 Å². The van der Waals surface area contributed by atoms with Gasteiger partial charge >= 0.3 is 0 Å². The Morgan fingerprint density at radius 3 is 2.10 bits per heavy atom. The molecule has 0 N–H and O–H groups in total. The highest BCUT2D eigenvalue weighted by molar-refractivity contribution is 5.05. The normalized spacial score (nSPS) is 46.8. The van der Waals surface area contributed by atoms with E-state index in [1.807, 2.05) is 0 Å². The van der Waals surface area contributed by atoms with Gasteiger partial charge in [0, 0.05) is 0 Å². The third-order valence-corrected chi connectivity index (χ3v) is 4.32. The van der Waals surface area contributed by atoms with Gasteiger partial charge in [0.1, 0.15) is 0 Å². The second kappa shape index (κ2) is 1.99. The van der Waals surface area contributed by atoms with Gasteiger partial charge in [0.2, 0.25) is 0 Å². The average molecular weight is 138 g/mol. The first-order valence-electron chi connectivity index (χ1n) is 4.79. The second-order valence-corrected chi connectivity index (χ2v) is 4.32. The minimum atomic E-state index is 0.870. The summed E-state index contributed by atoms with van der Waals surface area (Å²) in [6.45, 7) is 4.79. The van der Waals surface area contributed by atoms with Crippen LogP contribution in [0.15, 0.2) is 0 Å². The van der Waals surface area contributed by atoms with Crippen molar-refractivity contribution in [1.29, 1.82) is 0 Å². The molecule has 0 aromatic heterocycles. The van der Waals surface area contributed by atoms with Gasteiger partial charge in [-0.25, -0.2) is 0 Å². The summed E-state index contributed by atoms with van der Waals surface area (Å²) in [6.07, 6.45) is 7.59. The van der Waals surface area contributed by atoms with Gasteiger partial charge in [0.15, 0.2) is 0 Å². The van der Waals surface area contributed by atoms with Crippen LogP contribution >= 0.6 is 0 Å². The molecule has 0 amide bonds. The molecule has 1 atom stereocenters. The molecule has 2 aliphatic rings. The zero-order chi connectivity index (χ0) is 7.19. The Hall–Kier alpha value is 0. The summed E-state index contributed by atoms with van der Waals surface area (Å²) < 4.78 is 0. The van der Waals surface area contributed by atoms with Gasteiger partial charge in [-0.05, 0) is 42.9 Å². The number of hydrogen-bond acceptors (Lipinski definition) is 0. The van der Waals surface area contributed by atoms with Crippen molar-refractivity contribution in [1.82, 2.24) is 0 Å². The summed E-state index contributed by atoms with van der Waals surface area (Å²) in [7, 11) is 0. The Morgan fingerprint density at radius 1 is 1.40 bits per heavy atom.